The molecule has 0 radical (unpaired) electrons. The molecule has 3 nitrogen and oxygen atoms in total. The number of pyridine rings is 1. The van der Waals surface area contributed by atoms with Gasteiger partial charge in [0.05, 0.1) is 5.02 Å². The number of aromatic nitrogens is 1. The highest BCUT2D eigenvalue weighted by molar-refractivity contribution is 6.30. The summed E-state index contributed by atoms with van der Waals surface area (Å²) in [5.74, 6) is 1.03. The molecule has 1 saturated heterocycles. The number of hydrogen-bond acceptors (Lipinski definition) is 3. The van der Waals surface area contributed by atoms with E-state index < -0.39 is 0 Å². The molecule has 0 aromatic carbocycles. The molecule has 98 valence electrons. The zero-order chi connectivity index (χ0) is 12.5. The monoisotopic (exact) mass is 269 g/mol. The van der Waals surface area contributed by atoms with E-state index in [4.69, 9.17) is 11.6 Å². The molecule has 1 aliphatic heterocycles. The highest BCUT2D eigenvalue weighted by Crippen LogP contribution is 2.30. The van der Waals surface area contributed by atoms with Crippen molar-refractivity contribution in [3.63, 3.8) is 0 Å². The molecule has 18 heavy (non-hydrogen) atoms. The molecule has 2 heterocycles. The third-order valence-electron chi connectivity index (χ3n) is 3.67. The average Bonchev–Trinajstić information content (AvgIpc) is 3.15. The fraction of sp³-hybridized carbons (Fsp3) is 0.615. The molecule has 0 atom stereocenters. The molecule has 0 amide bonds. The van der Waals surface area contributed by atoms with Gasteiger partial charge < -0.3 is 4.90 Å². The molecule has 2 fully saturated rings. The summed E-state index contributed by atoms with van der Waals surface area (Å²) in [4.78, 5) is 8.58. The van der Waals surface area contributed by atoms with Crippen LogP contribution in [0, 0.1) is 11.7 Å². The third kappa shape index (κ3) is 2.75. The quantitative estimate of drug-likeness (QED) is 0.840. The minimum absolute atomic E-state index is 0.321. The summed E-state index contributed by atoms with van der Waals surface area (Å²) in [6.45, 7) is 4.90. The van der Waals surface area contributed by atoms with Crippen LogP contribution >= 0.6 is 11.6 Å². The van der Waals surface area contributed by atoms with Gasteiger partial charge in [0, 0.05) is 38.9 Å². The molecule has 1 aliphatic carbocycles. The lowest BCUT2D eigenvalue weighted by Crippen LogP contribution is -2.47. The van der Waals surface area contributed by atoms with Crippen molar-refractivity contribution in [2.75, 3.05) is 37.6 Å². The van der Waals surface area contributed by atoms with Crippen molar-refractivity contribution in [3.8, 4) is 0 Å². The van der Waals surface area contributed by atoms with Gasteiger partial charge in [-0.1, -0.05) is 11.6 Å². The summed E-state index contributed by atoms with van der Waals surface area (Å²) in [5.41, 5.74) is 0. The van der Waals surface area contributed by atoms with Gasteiger partial charge in [0.1, 0.15) is 0 Å². The van der Waals surface area contributed by atoms with Crippen molar-refractivity contribution in [1.29, 1.82) is 0 Å². The molecule has 3 rings (SSSR count). The maximum absolute atomic E-state index is 13.8. The summed E-state index contributed by atoms with van der Waals surface area (Å²) in [6, 6.07) is 1.33. The van der Waals surface area contributed by atoms with Crippen LogP contribution in [0.3, 0.4) is 0 Å². The Bertz CT molecular complexity index is 428. The summed E-state index contributed by atoms with van der Waals surface area (Å²) in [5, 5.41) is 0.351. The van der Waals surface area contributed by atoms with E-state index in [9.17, 15) is 4.39 Å². The molecule has 1 aromatic rings. The van der Waals surface area contributed by atoms with E-state index in [0.717, 1.165) is 32.1 Å². The van der Waals surface area contributed by atoms with Gasteiger partial charge in [0.25, 0.3) is 0 Å². The average molecular weight is 270 g/mol. The molecule has 0 bridgehead atoms. The Kier molecular flexibility index (Phi) is 3.39. The smallest absolute Gasteiger partial charge is 0.167 e. The molecular weight excluding hydrogens is 253 g/mol. The Morgan fingerprint density at radius 1 is 1.28 bits per heavy atom. The van der Waals surface area contributed by atoms with Crippen LogP contribution in [0.5, 0.6) is 0 Å². The normalized spacial score (nSPS) is 21.3. The van der Waals surface area contributed by atoms with Crippen LogP contribution in [0.25, 0.3) is 0 Å². The van der Waals surface area contributed by atoms with E-state index in [1.54, 1.807) is 0 Å². The highest BCUT2D eigenvalue weighted by Gasteiger charge is 2.27. The number of hydrogen-bond donors (Lipinski definition) is 0. The Morgan fingerprint density at radius 2 is 2.00 bits per heavy atom. The van der Waals surface area contributed by atoms with Crippen LogP contribution in [-0.2, 0) is 0 Å². The van der Waals surface area contributed by atoms with Crippen LogP contribution < -0.4 is 4.90 Å². The van der Waals surface area contributed by atoms with Crippen molar-refractivity contribution >= 4 is 17.4 Å². The maximum Gasteiger partial charge on any atom is 0.167 e. The zero-order valence-electron chi connectivity index (χ0n) is 10.3. The van der Waals surface area contributed by atoms with Gasteiger partial charge in [0.2, 0.25) is 0 Å². The molecule has 0 spiro atoms. The van der Waals surface area contributed by atoms with Gasteiger partial charge in [0.15, 0.2) is 11.6 Å². The van der Waals surface area contributed by atoms with E-state index in [-0.39, 0.29) is 5.82 Å². The second-order valence-electron chi connectivity index (χ2n) is 5.19. The number of halogens is 2. The molecular formula is C13H17ClFN3. The maximum atomic E-state index is 13.8. The first kappa shape index (κ1) is 12.2. The van der Waals surface area contributed by atoms with Gasteiger partial charge in [-0.3, -0.25) is 4.90 Å². The Labute approximate surface area is 112 Å². The predicted molar refractivity (Wildman–Crippen MR) is 70.6 cm³/mol. The fourth-order valence-electron chi connectivity index (χ4n) is 2.45. The molecule has 1 saturated carbocycles. The Morgan fingerprint density at radius 3 is 2.61 bits per heavy atom. The standard InChI is InChI=1S/C13H17ClFN3/c14-11-7-12(15)13(16-8-11)18-5-3-17(4-6-18)9-10-1-2-10/h7-8,10H,1-6,9H2. The predicted octanol–water partition coefficient (Wildman–Crippen LogP) is 2.41. The van der Waals surface area contributed by atoms with Gasteiger partial charge in [-0.2, -0.15) is 0 Å². The van der Waals surface area contributed by atoms with Crippen LogP contribution in [0.1, 0.15) is 12.8 Å². The first-order chi connectivity index (χ1) is 8.72. The van der Waals surface area contributed by atoms with Gasteiger partial charge in [-0.05, 0) is 24.8 Å². The van der Waals surface area contributed by atoms with Crippen molar-refractivity contribution in [3.05, 3.63) is 23.1 Å². The lowest BCUT2D eigenvalue weighted by molar-refractivity contribution is 0.247. The summed E-state index contributed by atoms with van der Waals surface area (Å²) in [6.07, 6.45) is 4.28. The molecule has 2 aliphatic rings. The highest BCUT2D eigenvalue weighted by atomic mass is 35.5. The third-order valence-corrected chi connectivity index (χ3v) is 3.88. The number of piperazine rings is 1. The summed E-state index contributed by atoms with van der Waals surface area (Å²) < 4.78 is 13.8. The first-order valence-corrected chi connectivity index (χ1v) is 6.88. The number of rotatable bonds is 3. The molecule has 0 N–H and O–H groups in total. The summed E-state index contributed by atoms with van der Waals surface area (Å²) >= 11 is 5.71. The lowest BCUT2D eigenvalue weighted by Gasteiger charge is -2.35. The van der Waals surface area contributed by atoms with Crippen molar-refractivity contribution in [2.45, 2.75) is 12.8 Å². The van der Waals surface area contributed by atoms with Crippen LogP contribution in [0.2, 0.25) is 5.02 Å². The second kappa shape index (κ2) is 5.02. The molecule has 0 unspecified atom stereocenters. The topological polar surface area (TPSA) is 19.4 Å². The molecule has 1 aromatic heterocycles. The Balaban J connectivity index is 1.60. The van der Waals surface area contributed by atoms with Crippen molar-refractivity contribution < 1.29 is 4.39 Å². The van der Waals surface area contributed by atoms with E-state index in [1.807, 2.05) is 4.90 Å². The van der Waals surface area contributed by atoms with Gasteiger partial charge >= 0.3 is 0 Å². The lowest BCUT2D eigenvalue weighted by atomic mass is 10.2. The minimum atomic E-state index is -0.321. The van der Waals surface area contributed by atoms with Crippen LogP contribution in [0.15, 0.2) is 12.3 Å². The van der Waals surface area contributed by atoms with Crippen molar-refractivity contribution in [2.24, 2.45) is 5.92 Å². The number of anilines is 1. The second-order valence-corrected chi connectivity index (χ2v) is 5.63. The summed E-state index contributed by atoms with van der Waals surface area (Å²) in [7, 11) is 0. The first-order valence-electron chi connectivity index (χ1n) is 6.51. The van der Waals surface area contributed by atoms with E-state index >= 15 is 0 Å². The number of nitrogens with zero attached hydrogens (tertiary/aromatic N) is 3. The zero-order valence-corrected chi connectivity index (χ0v) is 11.0. The van der Waals surface area contributed by atoms with Crippen LogP contribution in [0.4, 0.5) is 10.2 Å². The van der Waals surface area contributed by atoms with Crippen LogP contribution in [-0.4, -0.2) is 42.6 Å². The molecule has 5 heteroatoms. The minimum Gasteiger partial charge on any atom is -0.352 e. The SMILES string of the molecule is Fc1cc(Cl)cnc1N1CCN(CC2CC2)CC1. The van der Waals surface area contributed by atoms with Gasteiger partial charge in [-0.15, -0.1) is 0 Å². The van der Waals surface area contributed by atoms with E-state index in [0.29, 0.717) is 10.8 Å². The van der Waals surface area contributed by atoms with E-state index in [1.165, 1.54) is 31.6 Å². The largest absolute Gasteiger partial charge is 0.352 e. The van der Waals surface area contributed by atoms with E-state index in [2.05, 4.69) is 9.88 Å². The fourth-order valence-corrected chi connectivity index (χ4v) is 2.59. The van der Waals surface area contributed by atoms with Crippen molar-refractivity contribution in [1.82, 2.24) is 9.88 Å². The van der Waals surface area contributed by atoms with Gasteiger partial charge in [-0.25, -0.2) is 9.37 Å². The Hall–Kier alpha value is -0.870.